The minimum atomic E-state index is 0.218. The quantitative estimate of drug-likeness (QED) is 0.770. The molecule has 16 heavy (non-hydrogen) atoms. The molecule has 3 nitrogen and oxygen atoms in total. The highest BCUT2D eigenvalue weighted by Gasteiger charge is 2.09. The topological polar surface area (TPSA) is 30.5 Å². The molecule has 1 atom stereocenters. The summed E-state index contributed by atoms with van der Waals surface area (Å²) in [5, 5.41) is 3.22. The van der Waals surface area contributed by atoms with Crippen LogP contribution in [0.4, 0.5) is 0 Å². The van der Waals surface area contributed by atoms with Crippen molar-refractivity contribution in [3.05, 3.63) is 29.8 Å². The molecule has 0 saturated heterocycles. The van der Waals surface area contributed by atoms with Crippen LogP contribution in [0.1, 0.15) is 24.9 Å². The highest BCUT2D eigenvalue weighted by molar-refractivity contribution is 5.30. The average molecular weight is 223 g/mol. The lowest BCUT2D eigenvalue weighted by Gasteiger charge is -2.16. The third-order valence-electron chi connectivity index (χ3n) is 2.42. The van der Waals surface area contributed by atoms with Gasteiger partial charge in [-0.2, -0.15) is 0 Å². The van der Waals surface area contributed by atoms with E-state index in [0.717, 1.165) is 18.8 Å². The second-order valence-corrected chi connectivity index (χ2v) is 3.72. The third-order valence-corrected chi connectivity index (χ3v) is 2.42. The molecule has 3 heteroatoms. The van der Waals surface area contributed by atoms with Crippen LogP contribution in [0.5, 0.6) is 5.75 Å². The number of methoxy groups -OCH3 is 1. The number of likely N-dealkylation sites (N-methyl/N-ethyl adjacent to an activating group) is 1. The maximum absolute atomic E-state index is 5.60. The normalized spacial score (nSPS) is 12.4. The van der Waals surface area contributed by atoms with E-state index < -0.39 is 0 Å². The molecule has 0 saturated carbocycles. The highest BCUT2D eigenvalue weighted by Crippen LogP contribution is 2.19. The molecular weight excluding hydrogens is 202 g/mol. The van der Waals surface area contributed by atoms with Crippen molar-refractivity contribution in [3.8, 4) is 5.75 Å². The largest absolute Gasteiger partial charge is 0.494 e. The minimum absolute atomic E-state index is 0.218. The smallest absolute Gasteiger partial charge is 0.119 e. The molecule has 0 radical (unpaired) electrons. The van der Waals surface area contributed by atoms with Crippen LogP contribution in [-0.4, -0.2) is 27.4 Å². The fourth-order valence-electron chi connectivity index (χ4n) is 1.55. The van der Waals surface area contributed by atoms with E-state index in [9.17, 15) is 0 Å². The van der Waals surface area contributed by atoms with Crippen LogP contribution >= 0.6 is 0 Å². The van der Waals surface area contributed by atoms with Gasteiger partial charge in [-0.15, -0.1) is 0 Å². The van der Waals surface area contributed by atoms with Gasteiger partial charge in [0.25, 0.3) is 0 Å². The van der Waals surface area contributed by atoms with Crippen LogP contribution in [0, 0.1) is 0 Å². The third kappa shape index (κ3) is 3.83. The average Bonchev–Trinajstić information content (AvgIpc) is 2.33. The molecule has 1 unspecified atom stereocenters. The first-order chi connectivity index (χ1) is 7.81. The molecule has 0 aliphatic rings. The molecule has 1 aromatic carbocycles. The summed E-state index contributed by atoms with van der Waals surface area (Å²) in [5.74, 6) is 0.927. The Morgan fingerprint density at radius 3 is 2.81 bits per heavy atom. The first kappa shape index (κ1) is 13.0. The van der Waals surface area contributed by atoms with Crippen LogP contribution in [0.2, 0.25) is 0 Å². The highest BCUT2D eigenvalue weighted by atomic mass is 16.5. The Bertz CT molecular complexity index is 302. The van der Waals surface area contributed by atoms with Gasteiger partial charge in [-0.3, -0.25) is 0 Å². The number of ether oxygens (including phenoxy) is 2. The summed E-state index contributed by atoms with van der Waals surface area (Å²) in [6.07, 6.45) is 1.03. The van der Waals surface area contributed by atoms with Gasteiger partial charge in [0.05, 0.1) is 19.3 Å². The molecule has 90 valence electrons. The predicted octanol–water partition coefficient (Wildman–Crippen LogP) is 2.38. The number of nitrogens with one attached hydrogen (secondary N) is 1. The lowest BCUT2D eigenvalue weighted by molar-refractivity contribution is 0.170. The van der Waals surface area contributed by atoms with Crippen molar-refractivity contribution in [2.75, 3.05) is 27.4 Å². The van der Waals surface area contributed by atoms with E-state index in [0.29, 0.717) is 6.61 Å². The van der Waals surface area contributed by atoms with Crippen molar-refractivity contribution in [2.45, 2.75) is 19.4 Å². The van der Waals surface area contributed by atoms with E-state index in [4.69, 9.17) is 9.47 Å². The zero-order valence-corrected chi connectivity index (χ0v) is 10.3. The summed E-state index contributed by atoms with van der Waals surface area (Å²) in [7, 11) is 3.64. The van der Waals surface area contributed by atoms with Crippen molar-refractivity contribution in [1.29, 1.82) is 0 Å². The molecule has 1 N–H and O–H groups in total. The molecule has 1 rings (SSSR count). The van der Waals surface area contributed by atoms with Gasteiger partial charge in [0.1, 0.15) is 5.75 Å². The second kappa shape index (κ2) is 7.25. The fraction of sp³-hybridized carbons (Fsp3) is 0.538. The van der Waals surface area contributed by atoms with E-state index in [2.05, 4.69) is 24.4 Å². The van der Waals surface area contributed by atoms with Gasteiger partial charge in [0, 0.05) is 7.11 Å². The van der Waals surface area contributed by atoms with E-state index in [1.807, 2.05) is 19.2 Å². The van der Waals surface area contributed by atoms with Gasteiger partial charge in [-0.05, 0) is 31.2 Å². The Morgan fingerprint density at radius 1 is 1.38 bits per heavy atom. The standard InChI is InChI=1S/C13H21NO2/c1-4-8-16-12-7-5-6-11(9-12)13(14-2)10-15-3/h5-7,9,13-14H,4,8,10H2,1-3H3. The van der Waals surface area contributed by atoms with Gasteiger partial charge in [-0.25, -0.2) is 0 Å². The first-order valence-corrected chi connectivity index (χ1v) is 5.70. The zero-order chi connectivity index (χ0) is 11.8. The molecule has 0 aliphatic carbocycles. The molecule has 0 heterocycles. The van der Waals surface area contributed by atoms with Gasteiger partial charge >= 0.3 is 0 Å². The van der Waals surface area contributed by atoms with E-state index in [1.54, 1.807) is 7.11 Å². The maximum atomic E-state index is 5.60. The Labute approximate surface area is 97.8 Å². The molecule has 0 amide bonds. The van der Waals surface area contributed by atoms with Crippen LogP contribution < -0.4 is 10.1 Å². The number of rotatable bonds is 7. The molecule has 0 spiro atoms. The van der Waals surface area contributed by atoms with Crippen molar-refractivity contribution in [2.24, 2.45) is 0 Å². The Balaban J connectivity index is 2.71. The maximum Gasteiger partial charge on any atom is 0.119 e. The van der Waals surface area contributed by atoms with Gasteiger partial charge < -0.3 is 14.8 Å². The van der Waals surface area contributed by atoms with E-state index in [1.165, 1.54) is 5.56 Å². The van der Waals surface area contributed by atoms with E-state index >= 15 is 0 Å². The molecule has 0 bridgehead atoms. The van der Waals surface area contributed by atoms with Crippen LogP contribution in [-0.2, 0) is 4.74 Å². The van der Waals surface area contributed by atoms with Crippen molar-refractivity contribution < 1.29 is 9.47 Å². The SMILES string of the molecule is CCCOc1cccc(C(COC)NC)c1. The summed E-state index contributed by atoms with van der Waals surface area (Å²) < 4.78 is 10.8. The van der Waals surface area contributed by atoms with Crippen LogP contribution in [0.3, 0.4) is 0 Å². The summed E-state index contributed by atoms with van der Waals surface area (Å²) >= 11 is 0. The number of benzene rings is 1. The molecular formula is C13H21NO2. The monoisotopic (exact) mass is 223 g/mol. The van der Waals surface area contributed by atoms with Crippen LogP contribution in [0.15, 0.2) is 24.3 Å². The first-order valence-electron chi connectivity index (χ1n) is 5.70. The summed E-state index contributed by atoms with van der Waals surface area (Å²) in [6, 6.07) is 8.36. The predicted molar refractivity (Wildman–Crippen MR) is 65.9 cm³/mol. The molecule has 0 aromatic heterocycles. The second-order valence-electron chi connectivity index (χ2n) is 3.72. The Morgan fingerprint density at radius 2 is 2.19 bits per heavy atom. The fourth-order valence-corrected chi connectivity index (χ4v) is 1.55. The van der Waals surface area contributed by atoms with Crippen LogP contribution in [0.25, 0.3) is 0 Å². The summed E-state index contributed by atoms with van der Waals surface area (Å²) in [4.78, 5) is 0. The van der Waals surface area contributed by atoms with E-state index in [-0.39, 0.29) is 6.04 Å². The lowest BCUT2D eigenvalue weighted by atomic mass is 10.1. The lowest BCUT2D eigenvalue weighted by Crippen LogP contribution is -2.21. The van der Waals surface area contributed by atoms with Gasteiger partial charge in [0.2, 0.25) is 0 Å². The zero-order valence-electron chi connectivity index (χ0n) is 10.3. The minimum Gasteiger partial charge on any atom is -0.494 e. The van der Waals surface area contributed by atoms with Crippen molar-refractivity contribution in [1.82, 2.24) is 5.32 Å². The molecule has 0 aliphatic heterocycles. The molecule has 0 fully saturated rings. The summed E-state index contributed by atoms with van der Waals surface area (Å²) in [6.45, 7) is 3.52. The molecule has 1 aromatic rings. The van der Waals surface area contributed by atoms with Crippen molar-refractivity contribution >= 4 is 0 Å². The summed E-state index contributed by atoms with van der Waals surface area (Å²) in [5.41, 5.74) is 1.19. The van der Waals surface area contributed by atoms with Crippen molar-refractivity contribution in [3.63, 3.8) is 0 Å². The Kier molecular flexibility index (Phi) is 5.90. The van der Waals surface area contributed by atoms with Gasteiger partial charge in [0.15, 0.2) is 0 Å². The number of hydrogen-bond donors (Lipinski definition) is 1. The van der Waals surface area contributed by atoms with Gasteiger partial charge in [-0.1, -0.05) is 19.1 Å². The Hall–Kier alpha value is -1.06. The number of hydrogen-bond acceptors (Lipinski definition) is 3.